The first-order valence-electron chi connectivity index (χ1n) is 6.27. The zero-order valence-electron chi connectivity index (χ0n) is 11.7. The van der Waals surface area contributed by atoms with Crippen molar-refractivity contribution in [2.45, 2.75) is 12.5 Å². The van der Waals surface area contributed by atoms with Gasteiger partial charge >= 0.3 is 5.69 Å². The Labute approximate surface area is 121 Å². The number of hydrogen-bond donors (Lipinski definition) is 2. The van der Waals surface area contributed by atoms with E-state index in [-0.39, 0.29) is 18.0 Å². The van der Waals surface area contributed by atoms with E-state index in [9.17, 15) is 15.2 Å². The maximum Gasteiger partial charge on any atom is 0.311 e. The predicted octanol–water partition coefficient (Wildman–Crippen LogP) is 2.52. The highest BCUT2D eigenvalue weighted by Crippen LogP contribution is 2.30. The standard InChI is InChI=1S/C14H16N2O5/c1-14(17,13-4-3-7-21-13)9-15-10-5-6-11(16(18)19)12(8-10)20-2/h3-8,15,17H,9H2,1-2H3. The van der Waals surface area contributed by atoms with Crippen molar-refractivity contribution in [2.75, 3.05) is 19.0 Å². The van der Waals surface area contributed by atoms with Crippen LogP contribution in [0, 0.1) is 10.1 Å². The van der Waals surface area contributed by atoms with Gasteiger partial charge in [0.2, 0.25) is 0 Å². The van der Waals surface area contributed by atoms with Crippen LogP contribution in [0.2, 0.25) is 0 Å². The van der Waals surface area contributed by atoms with E-state index in [1.165, 1.54) is 25.5 Å². The lowest BCUT2D eigenvalue weighted by Crippen LogP contribution is -2.30. The number of aliphatic hydroxyl groups is 1. The largest absolute Gasteiger partial charge is 0.490 e. The molecule has 112 valence electrons. The normalized spacial score (nSPS) is 13.5. The Morgan fingerprint density at radius 3 is 2.81 bits per heavy atom. The minimum Gasteiger partial charge on any atom is -0.490 e. The van der Waals surface area contributed by atoms with E-state index in [1.54, 1.807) is 25.1 Å². The van der Waals surface area contributed by atoms with E-state index in [2.05, 4.69) is 5.32 Å². The molecule has 0 saturated heterocycles. The molecule has 0 fully saturated rings. The van der Waals surface area contributed by atoms with Gasteiger partial charge in [-0.1, -0.05) is 0 Å². The van der Waals surface area contributed by atoms with Crippen molar-refractivity contribution in [2.24, 2.45) is 0 Å². The average molecular weight is 292 g/mol. The minimum atomic E-state index is -1.20. The summed E-state index contributed by atoms with van der Waals surface area (Å²) in [6.07, 6.45) is 1.48. The van der Waals surface area contributed by atoms with E-state index in [0.717, 1.165) is 0 Å². The number of benzene rings is 1. The minimum absolute atomic E-state index is 0.110. The maximum atomic E-state index is 10.8. The highest BCUT2D eigenvalue weighted by Gasteiger charge is 2.26. The third kappa shape index (κ3) is 3.32. The third-order valence-corrected chi connectivity index (χ3v) is 3.07. The third-order valence-electron chi connectivity index (χ3n) is 3.07. The number of hydrogen-bond acceptors (Lipinski definition) is 6. The number of nitro groups is 1. The van der Waals surface area contributed by atoms with Crippen molar-refractivity contribution in [1.82, 2.24) is 0 Å². The molecule has 2 N–H and O–H groups in total. The zero-order valence-corrected chi connectivity index (χ0v) is 11.7. The second-order valence-corrected chi connectivity index (χ2v) is 4.75. The van der Waals surface area contributed by atoms with Gasteiger partial charge < -0.3 is 19.6 Å². The summed E-state index contributed by atoms with van der Waals surface area (Å²) in [5.41, 5.74) is -0.705. The van der Waals surface area contributed by atoms with Gasteiger partial charge in [-0.3, -0.25) is 10.1 Å². The molecular formula is C14H16N2O5. The van der Waals surface area contributed by atoms with E-state index >= 15 is 0 Å². The van der Waals surface area contributed by atoms with Gasteiger partial charge in [0.15, 0.2) is 5.75 Å². The molecule has 0 spiro atoms. The van der Waals surface area contributed by atoms with Crippen LogP contribution in [-0.4, -0.2) is 23.7 Å². The smallest absolute Gasteiger partial charge is 0.311 e. The average Bonchev–Trinajstić information content (AvgIpc) is 2.99. The Balaban J connectivity index is 2.12. The maximum absolute atomic E-state index is 10.8. The zero-order chi connectivity index (χ0) is 15.5. The Morgan fingerprint density at radius 2 is 2.24 bits per heavy atom. The van der Waals surface area contributed by atoms with Crippen LogP contribution in [0.5, 0.6) is 5.75 Å². The van der Waals surface area contributed by atoms with E-state index < -0.39 is 10.5 Å². The Kier molecular flexibility index (Phi) is 4.13. The lowest BCUT2D eigenvalue weighted by Gasteiger charge is -2.22. The quantitative estimate of drug-likeness (QED) is 0.627. The second-order valence-electron chi connectivity index (χ2n) is 4.75. The lowest BCUT2D eigenvalue weighted by molar-refractivity contribution is -0.385. The fourth-order valence-corrected chi connectivity index (χ4v) is 1.88. The molecule has 0 bridgehead atoms. The molecule has 1 aromatic carbocycles. The van der Waals surface area contributed by atoms with Gasteiger partial charge in [0.05, 0.1) is 24.8 Å². The van der Waals surface area contributed by atoms with E-state index in [0.29, 0.717) is 11.4 Å². The molecule has 1 unspecified atom stereocenters. The number of furan rings is 1. The number of nitro benzene ring substituents is 1. The van der Waals surface area contributed by atoms with Gasteiger partial charge in [0, 0.05) is 17.8 Å². The second kappa shape index (κ2) is 5.84. The molecule has 0 radical (unpaired) electrons. The first kappa shape index (κ1) is 14.9. The van der Waals surface area contributed by atoms with Crippen LogP contribution >= 0.6 is 0 Å². The molecule has 7 heteroatoms. The van der Waals surface area contributed by atoms with Crippen molar-refractivity contribution >= 4 is 11.4 Å². The molecule has 1 atom stereocenters. The highest BCUT2D eigenvalue weighted by molar-refractivity contribution is 5.58. The first-order valence-corrected chi connectivity index (χ1v) is 6.27. The fourth-order valence-electron chi connectivity index (χ4n) is 1.88. The Hall–Kier alpha value is -2.54. The molecule has 0 amide bonds. The molecule has 0 aliphatic carbocycles. The first-order chi connectivity index (χ1) is 9.94. The molecule has 0 saturated carbocycles. The summed E-state index contributed by atoms with van der Waals surface area (Å²) in [5.74, 6) is 0.589. The van der Waals surface area contributed by atoms with Gasteiger partial charge in [-0.15, -0.1) is 0 Å². The van der Waals surface area contributed by atoms with Crippen LogP contribution in [0.4, 0.5) is 11.4 Å². The van der Waals surface area contributed by atoms with Crippen LogP contribution in [0.3, 0.4) is 0 Å². The van der Waals surface area contributed by atoms with E-state index in [4.69, 9.17) is 9.15 Å². The van der Waals surface area contributed by atoms with Crippen molar-refractivity contribution < 1.29 is 19.2 Å². The van der Waals surface area contributed by atoms with E-state index in [1.807, 2.05) is 0 Å². The lowest BCUT2D eigenvalue weighted by atomic mass is 10.0. The molecule has 21 heavy (non-hydrogen) atoms. The van der Waals surface area contributed by atoms with Gasteiger partial charge in [-0.05, 0) is 25.1 Å². The molecule has 1 heterocycles. The summed E-state index contributed by atoms with van der Waals surface area (Å²) in [4.78, 5) is 10.3. The molecule has 1 aromatic heterocycles. The van der Waals surface area contributed by atoms with Gasteiger partial charge in [-0.25, -0.2) is 0 Å². The fraction of sp³-hybridized carbons (Fsp3) is 0.286. The number of nitrogens with one attached hydrogen (secondary N) is 1. The number of rotatable bonds is 6. The molecule has 0 aliphatic rings. The van der Waals surface area contributed by atoms with Gasteiger partial charge in [0.1, 0.15) is 11.4 Å². The number of methoxy groups -OCH3 is 1. The topological polar surface area (TPSA) is 97.8 Å². The molecule has 2 aromatic rings. The van der Waals surface area contributed by atoms with Gasteiger partial charge in [0.25, 0.3) is 0 Å². The molecule has 0 aliphatic heterocycles. The van der Waals surface area contributed by atoms with Crippen LogP contribution in [0.25, 0.3) is 0 Å². The molecule has 7 nitrogen and oxygen atoms in total. The Morgan fingerprint density at radius 1 is 1.48 bits per heavy atom. The molecule has 2 rings (SSSR count). The number of ether oxygens (including phenoxy) is 1. The van der Waals surface area contributed by atoms with Gasteiger partial charge in [-0.2, -0.15) is 0 Å². The summed E-state index contributed by atoms with van der Waals surface area (Å²) in [7, 11) is 1.37. The van der Waals surface area contributed by atoms with Crippen molar-refractivity contribution in [1.29, 1.82) is 0 Å². The monoisotopic (exact) mass is 292 g/mol. The molecular weight excluding hydrogens is 276 g/mol. The summed E-state index contributed by atoms with van der Waals surface area (Å²) >= 11 is 0. The predicted molar refractivity (Wildman–Crippen MR) is 76.4 cm³/mol. The van der Waals surface area contributed by atoms with Crippen LogP contribution in [0.1, 0.15) is 12.7 Å². The summed E-state index contributed by atoms with van der Waals surface area (Å²) in [6.45, 7) is 1.79. The number of anilines is 1. The van der Waals surface area contributed by atoms with Crippen LogP contribution in [0.15, 0.2) is 41.0 Å². The van der Waals surface area contributed by atoms with Crippen molar-refractivity contribution in [3.63, 3.8) is 0 Å². The summed E-state index contributed by atoms with van der Waals surface area (Å²) in [6, 6.07) is 7.79. The van der Waals surface area contributed by atoms with Crippen LogP contribution in [-0.2, 0) is 5.60 Å². The van der Waals surface area contributed by atoms with Crippen molar-refractivity contribution in [3.05, 3.63) is 52.5 Å². The SMILES string of the molecule is COc1cc(NCC(C)(O)c2ccco2)ccc1[N+](=O)[O-]. The highest BCUT2D eigenvalue weighted by atomic mass is 16.6. The van der Waals surface area contributed by atoms with Crippen molar-refractivity contribution in [3.8, 4) is 5.75 Å². The van der Waals surface area contributed by atoms with Crippen LogP contribution < -0.4 is 10.1 Å². The summed E-state index contributed by atoms with van der Waals surface area (Å²) in [5, 5.41) is 24.1. The number of nitrogens with zero attached hydrogens (tertiary/aromatic N) is 1. The summed E-state index contributed by atoms with van der Waals surface area (Å²) < 4.78 is 10.2. The Bertz CT molecular complexity index is 622.